The predicted molar refractivity (Wildman–Crippen MR) is 115 cm³/mol. The van der Waals surface area contributed by atoms with Crippen LogP contribution in [0.15, 0.2) is 58.4 Å². The van der Waals surface area contributed by atoms with E-state index in [-0.39, 0.29) is 18.3 Å². The SMILES string of the molecule is CC(C)CNS(=O)(=O)c1ccc(Cc2ccc(C3=NCCN3N)cc2)cc1.Cl. The van der Waals surface area contributed by atoms with Crippen LogP contribution in [0.1, 0.15) is 30.5 Å². The number of hydrogen-bond donors (Lipinski definition) is 2. The number of halogens is 1. The maximum atomic E-state index is 12.3. The van der Waals surface area contributed by atoms with Gasteiger partial charge in [-0.2, -0.15) is 0 Å². The van der Waals surface area contributed by atoms with Gasteiger partial charge in [0.15, 0.2) is 0 Å². The second-order valence-electron chi connectivity index (χ2n) is 7.16. The van der Waals surface area contributed by atoms with Gasteiger partial charge in [0, 0.05) is 12.1 Å². The molecule has 0 fully saturated rings. The smallest absolute Gasteiger partial charge is 0.240 e. The van der Waals surface area contributed by atoms with Crippen molar-refractivity contribution in [2.75, 3.05) is 19.6 Å². The van der Waals surface area contributed by atoms with Crippen LogP contribution in [-0.4, -0.2) is 38.9 Å². The van der Waals surface area contributed by atoms with E-state index in [0.717, 1.165) is 42.0 Å². The second kappa shape index (κ2) is 9.52. The Morgan fingerprint density at radius 3 is 2.14 bits per heavy atom. The Morgan fingerprint density at radius 1 is 1.07 bits per heavy atom. The molecule has 1 aliphatic heterocycles. The number of hydrazine groups is 1. The molecule has 1 heterocycles. The fourth-order valence-electron chi connectivity index (χ4n) is 2.87. The van der Waals surface area contributed by atoms with Crippen molar-refractivity contribution >= 4 is 28.3 Å². The minimum Gasteiger partial charge on any atom is -0.293 e. The third kappa shape index (κ3) is 5.54. The predicted octanol–water partition coefficient (Wildman–Crippen LogP) is 2.57. The van der Waals surface area contributed by atoms with E-state index in [1.165, 1.54) is 0 Å². The number of benzene rings is 2. The van der Waals surface area contributed by atoms with Crippen molar-refractivity contribution in [1.29, 1.82) is 0 Å². The van der Waals surface area contributed by atoms with Gasteiger partial charge in [-0.1, -0.05) is 50.2 Å². The summed E-state index contributed by atoms with van der Waals surface area (Å²) in [6.45, 7) is 5.86. The molecule has 0 unspecified atom stereocenters. The van der Waals surface area contributed by atoms with Gasteiger partial charge < -0.3 is 0 Å². The van der Waals surface area contributed by atoms with Gasteiger partial charge >= 0.3 is 0 Å². The van der Waals surface area contributed by atoms with Crippen LogP contribution in [0.25, 0.3) is 0 Å². The van der Waals surface area contributed by atoms with Crippen molar-refractivity contribution in [2.45, 2.75) is 25.2 Å². The maximum absolute atomic E-state index is 12.3. The van der Waals surface area contributed by atoms with Gasteiger partial charge in [-0.3, -0.25) is 10.0 Å². The van der Waals surface area contributed by atoms with Gasteiger partial charge in [0.25, 0.3) is 0 Å². The van der Waals surface area contributed by atoms with E-state index >= 15 is 0 Å². The fraction of sp³-hybridized carbons (Fsp3) is 0.350. The van der Waals surface area contributed by atoms with Crippen molar-refractivity contribution < 1.29 is 8.42 Å². The third-order valence-electron chi connectivity index (χ3n) is 4.41. The Hall–Kier alpha value is -1.93. The molecule has 0 bridgehead atoms. The number of nitrogens with one attached hydrogen (secondary N) is 1. The Morgan fingerprint density at radius 2 is 1.64 bits per heavy atom. The molecule has 0 spiro atoms. The summed E-state index contributed by atoms with van der Waals surface area (Å²) in [5.74, 6) is 7.00. The van der Waals surface area contributed by atoms with Gasteiger partial charge in [-0.25, -0.2) is 19.0 Å². The van der Waals surface area contributed by atoms with E-state index in [4.69, 9.17) is 5.84 Å². The Labute approximate surface area is 173 Å². The average molecular weight is 423 g/mol. The van der Waals surface area contributed by atoms with Crippen molar-refractivity contribution in [1.82, 2.24) is 9.73 Å². The Bertz CT molecular complexity index is 910. The number of amidine groups is 1. The molecular formula is C20H27ClN4O2S. The lowest BCUT2D eigenvalue weighted by Crippen LogP contribution is -2.34. The van der Waals surface area contributed by atoms with Gasteiger partial charge in [0.1, 0.15) is 5.84 Å². The molecule has 0 atom stereocenters. The van der Waals surface area contributed by atoms with E-state index in [0.29, 0.717) is 11.4 Å². The first-order valence-electron chi connectivity index (χ1n) is 9.10. The minimum atomic E-state index is -3.44. The number of nitrogens with zero attached hydrogens (tertiary/aromatic N) is 2. The zero-order valence-electron chi connectivity index (χ0n) is 16.1. The van der Waals surface area contributed by atoms with Crippen LogP contribution in [0.4, 0.5) is 0 Å². The molecule has 0 saturated carbocycles. The number of nitrogens with two attached hydrogens (primary N) is 1. The standard InChI is InChI=1S/C20H26N4O2S.ClH/c1-15(2)14-23-27(25,26)19-9-5-17(6-10-19)13-16-3-7-18(8-4-16)20-22-11-12-24(20)21;/h3-10,15,23H,11-14,21H2,1-2H3;1H. The van der Waals surface area contributed by atoms with Gasteiger partial charge in [0.05, 0.1) is 18.0 Å². The molecular weight excluding hydrogens is 396 g/mol. The van der Waals surface area contributed by atoms with Crippen molar-refractivity contribution in [3.8, 4) is 0 Å². The summed E-state index contributed by atoms with van der Waals surface area (Å²) in [6, 6.07) is 15.2. The molecule has 1 aliphatic rings. The van der Waals surface area contributed by atoms with Gasteiger partial charge in [-0.15, -0.1) is 12.4 Å². The van der Waals surface area contributed by atoms with E-state index in [9.17, 15) is 8.42 Å². The summed E-state index contributed by atoms with van der Waals surface area (Å²) < 4.78 is 27.1. The molecule has 0 amide bonds. The molecule has 3 rings (SSSR count). The van der Waals surface area contributed by atoms with E-state index in [1.807, 2.05) is 38.1 Å². The highest BCUT2D eigenvalue weighted by molar-refractivity contribution is 7.89. The van der Waals surface area contributed by atoms with E-state index in [2.05, 4.69) is 21.8 Å². The highest BCUT2D eigenvalue weighted by Gasteiger charge is 2.15. The van der Waals surface area contributed by atoms with Crippen LogP contribution in [0.2, 0.25) is 0 Å². The fourth-order valence-corrected chi connectivity index (χ4v) is 4.08. The highest BCUT2D eigenvalue weighted by atomic mass is 35.5. The topological polar surface area (TPSA) is 87.8 Å². The lowest BCUT2D eigenvalue weighted by molar-refractivity contribution is 0.484. The molecule has 2 aromatic carbocycles. The first-order chi connectivity index (χ1) is 12.8. The number of aliphatic imine (C=N–C) groups is 1. The maximum Gasteiger partial charge on any atom is 0.240 e. The molecule has 152 valence electrons. The summed E-state index contributed by atoms with van der Waals surface area (Å²) >= 11 is 0. The lowest BCUT2D eigenvalue weighted by Gasteiger charge is -2.13. The largest absolute Gasteiger partial charge is 0.293 e. The highest BCUT2D eigenvalue weighted by Crippen LogP contribution is 2.16. The number of sulfonamides is 1. The molecule has 28 heavy (non-hydrogen) atoms. The first kappa shape index (κ1) is 22.4. The third-order valence-corrected chi connectivity index (χ3v) is 5.85. The Balaban J connectivity index is 0.00000280. The molecule has 6 nitrogen and oxygen atoms in total. The van der Waals surface area contributed by atoms with Crippen LogP contribution < -0.4 is 10.6 Å². The molecule has 2 aromatic rings. The van der Waals surface area contributed by atoms with Gasteiger partial charge in [0.2, 0.25) is 10.0 Å². The number of hydrogen-bond acceptors (Lipinski definition) is 5. The molecule has 0 aromatic heterocycles. The van der Waals surface area contributed by atoms with E-state index in [1.54, 1.807) is 17.1 Å². The quantitative estimate of drug-likeness (QED) is 0.671. The monoisotopic (exact) mass is 422 g/mol. The van der Waals surface area contributed by atoms with Crippen molar-refractivity contribution in [2.24, 2.45) is 16.8 Å². The average Bonchev–Trinajstić information content (AvgIpc) is 3.07. The lowest BCUT2D eigenvalue weighted by atomic mass is 10.0. The zero-order valence-corrected chi connectivity index (χ0v) is 17.8. The van der Waals surface area contributed by atoms with Crippen LogP contribution >= 0.6 is 12.4 Å². The van der Waals surface area contributed by atoms with Crippen molar-refractivity contribution in [3.63, 3.8) is 0 Å². The summed E-state index contributed by atoms with van der Waals surface area (Å²) in [7, 11) is -3.44. The summed E-state index contributed by atoms with van der Waals surface area (Å²) in [6.07, 6.45) is 0.735. The Kier molecular flexibility index (Phi) is 7.60. The van der Waals surface area contributed by atoms with Crippen LogP contribution in [0, 0.1) is 5.92 Å². The summed E-state index contributed by atoms with van der Waals surface area (Å²) in [5, 5.41) is 1.67. The van der Waals surface area contributed by atoms with Gasteiger partial charge in [-0.05, 0) is 35.6 Å². The first-order valence-corrected chi connectivity index (χ1v) is 10.6. The van der Waals surface area contributed by atoms with Crippen LogP contribution in [-0.2, 0) is 16.4 Å². The van der Waals surface area contributed by atoms with E-state index < -0.39 is 10.0 Å². The minimum absolute atomic E-state index is 0. The molecule has 3 N–H and O–H groups in total. The second-order valence-corrected chi connectivity index (χ2v) is 8.93. The summed E-state index contributed by atoms with van der Waals surface area (Å²) in [5.41, 5.74) is 3.22. The van der Waals surface area contributed by atoms with Crippen LogP contribution in [0.3, 0.4) is 0 Å². The summed E-state index contributed by atoms with van der Waals surface area (Å²) in [4.78, 5) is 4.71. The molecule has 0 saturated heterocycles. The molecule has 0 aliphatic carbocycles. The molecule has 8 heteroatoms. The van der Waals surface area contributed by atoms with Crippen LogP contribution in [0.5, 0.6) is 0 Å². The number of rotatable bonds is 7. The van der Waals surface area contributed by atoms with Crippen molar-refractivity contribution in [3.05, 3.63) is 65.2 Å². The zero-order chi connectivity index (χ0) is 19.4. The normalized spacial score (nSPS) is 14.1. The molecule has 0 radical (unpaired) electrons.